The first-order chi connectivity index (χ1) is 18.3. The van der Waals surface area contributed by atoms with E-state index in [-0.39, 0.29) is 60.1 Å². The maximum atomic E-state index is 13.5. The van der Waals surface area contributed by atoms with E-state index in [1.165, 1.54) is 28.7 Å². The van der Waals surface area contributed by atoms with E-state index in [0.717, 1.165) is 36.0 Å². The number of anilines is 1. The second kappa shape index (κ2) is 10.3. The van der Waals surface area contributed by atoms with Crippen LogP contribution in [0.15, 0.2) is 29.2 Å². The number of hydrogen-bond acceptors (Lipinski definition) is 7. The lowest BCUT2D eigenvalue weighted by atomic mass is 10.1. The molecule has 0 bridgehead atoms. The molecule has 1 N–H and O–H groups in total. The number of rotatable bonds is 7. The molecule has 5 heterocycles. The van der Waals surface area contributed by atoms with Crippen LogP contribution in [0.1, 0.15) is 52.7 Å². The van der Waals surface area contributed by atoms with Gasteiger partial charge in [-0.15, -0.1) is 0 Å². The molecule has 1 unspecified atom stereocenters. The molecule has 0 aromatic carbocycles. The summed E-state index contributed by atoms with van der Waals surface area (Å²) in [4.78, 5) is 60.2. The smallest absolute Gasteiger partial charge is 0.280 e. The monoisotopic (exact) mass is 525 g/mol. The molecule has 5 rings (SSSR count). The fourth-order valence-corrected chi connectivity index (χ4v) is 4.97. The summed E-state index contributed by atoms with van der Waals surface area (Å²) in [6.07, 6.45) is 3.80. The summed E-state index contributed by atoms with van der Waals surface area (Å²) in [6.45, 7) is 2.92. The van der Waals surface area contributed by atoms with Crippen molar-refractivity contribution in [2.75, 3.05) is 32.1 Å². The zero-order valence-corrected chi connectivity index (χ0v) is 21.1. The molecular formula is C25H28FN7O5. The van der Waals surface area contributed by atoms with Crippen LogP contribution in [0.4, 0.5) is 10.2 Å². The topological polar surface area (TPSA) is 131 Å². The van der Waals surface area contributed by atoms with Gasteiger partial charge in [0.05, 0.1) is 31.0 Å². The molecule has 2 aliphatic heterocycles. The number of halogens is 1. The molecule has 38 heavy (non-hydrogen) atoms. The summed E-state index contributed by atoms with van der Waals surface area (Å²) in [5.74, 6) is -1.72. The summed E-state index contributed by atoms with van der Waals surface area (Å²) < 4.78 is 20.9. The first kappa shape index (κ1) is 25.5. The van der Waals surface area contributed by atoms with Crippen molar-refractivity contribution < 1.29 is 23.5 Å². The Hall–Kier alpha value is -4.13. The van der Waals surface area contributed by atoms with Gasteiger partial charge in [0.25, 0.3) is 17.4 Å². The Morgan fingerprint density at radius 1 is 1.18 bits per heavy atom. The Balaban J connectivity index is 1.57. The van der Waals surface area contributed by atoms with E-state index in [4.69, 9.17) is 4.74 Å². The quantitative estimate of drug-likeness (QED) is 0.492. The van der Waals surface area contributed by atoms with Crippen molar-refractivity contribution in [1.82, 2.24) is 29.0 Å². The van der Waals surface area contributed by atoms with Crippen LogP contribution < -0.4 is 10.9 Å². The molecule has 3 amide bonds. The number of ether oxygens (including phenoxy) is 1. The SMILES string of the molecule is COCC(C)N1Cc2c(n(CC(=O)Nc3ccc(F)cn3)c3cc(C(=O)N4CCCCC4)nn3c2=O)C1=O. The Morgan fingerprint density at radius 2 is 1.95 bits per heavy atom. The van der Waals surface area contributed by atoms with Crippen molar-refractivity contribution in [2.45, 2.75) is 45.3 Å². The molecule has 200 valence electrons. The number of nitrogens with one attached hydrogen (secondary N) is 1. The van der Waals surface area contributed by atoms with Crippen molar-refractivity contribution in [3.63, 3.8) is 0 Å². The van der Waals surface area contributed by atoms with Gasteiger partial charge >= 0.3 is 0 Å². The average Bonchev–Trinajstić information content (AvgIpc) is 3.51. The van der Waals surface area contributed by atoms with Crippen molar-refractivity contribution in [1.29, 1.82) is 0 Å². The number of likely N-dealkylation sites (tertiary alicyclic amines) is 1. The van der Waals surface area contributed by atoms with E-state index >= 15 is 0 Å². The van der Waals surface area contributed by atoms with Gasteiger partial charge in [0, 0.05) is 26.3 Å². The van der Waals surface area contributed by atoms with Crippen LogP contribution in [0.5, 0.6) is 0 Å². The molecule has 13 heteroatoms. The summed E-state index contributed by atoms with van der Waals surface area (Å²) in [7, 11) is 1.52. The lowest BCUT2D eigenvalue weighted by Crippen LogP contribution is -2.37. The molecule has 3 aromatic rings. The van der Waals surface area contributed by atoms with E-state index in [9.17, 15) is 23.6 Å². The molecule has 0 saturated carbocycles. The normalized spacial score (nSPS) is 16.1. The Labute approximate surface area is 217 Å². The van der Waals surface area contributed by atoms with E-state index in [1.54, 1.807) is 11.8 Å². The third kappa shape index (κ3) is 4.64. The van der Waals surface area contributed by atoms with Gasteiger partial charge in [0.2, 0.25) is 5.91 Å². The molecule has 1 saturated heterocycles. The lowest BCUT2D eigenvalue weighted by molar-refractivity contribution is -0.116. The average molecular weight is 526 g/mol. The van der Waals surface area contributed by atoms with E-state index in [0.29, 0.717) is 13.1 Å². The van der Waals surface area contributed by atoms with Crippen LogP contribution in [-0.4, -0.2) is 79.5 Å². The highest BCUT2D eigenvalue weighted by Gasteiger charge is 2.37. The number of fused-ring (bicyclic) bond motifs is 2. The third-order valence-electron chi connectivity index (χ3n) is 6.86. The lowest BCUT2D eigenvalue weighted by Gasteiger charge is -2.25. The van der Waals surface area contributed by atoms with Gasteiger partial charge in [-0.3, -0.25) is 19.2 Å². The maximum absolute atomic E-state index is 13.5. The highest BCUT2D eigenvalue weighted by Crippen LogP contribution is 2.25. The maximum Gasteiger partial charge on any atom is 0.280 e. The molecule has 1 fully saturated rings. The first-order valence-electron chi connectivity index (χ1n) is 12.4. The van der Waals surface area contributed by atoms with Crippen LogP contribution in [0.2, 0.25) is 0 Å². The number of carbonyl (C=O) groups excluding carboxylic acids is 3. The molecule has 2 aliphatic rings. The fraction of sp³-hybridized carbons (Fsp3) is 0.440. The molecule has 3 aromatic heterocycles. The third-order valence-corrected chi connectivity index (χ3v) is 6.86. The molecule has 12 nitrogen and oxygen atoms in total. The number of carbonyl (C=O) groups is 3. The first-order valence-corrected chi connectivity index (χ1v) is 12.4. The minimum atomic E-state index is -0.557. The van der Waals surface area contributed by atoms with E-state index in [1.807, 2.05) is 0 Å². The Bertz CT molecular complexity index is 1460. The van der Waals surface area contributed by atoms with Crippen LogP contribution in [0.25, 0.3) is 5.65 Å². The number of amides is 3. The van der Waals surface area contributed by atoms with Crippen molar-refractivity contribution in [3.05, 3.63) is 57.5 Å². The van der Waals surface area contributed by atoms with Crippen LogP contribution in [0, 0.1) is 5.82 Å². The second-order valence-corrected chi connectivity index (χ2v) is 9.52. The van der Waals surface area contributed by atoms with Gasteiger partial charge in [-0.1, -0.05) is 0 Å². The Morgan fingerprint density at radius 3 is 2.63 bits per heavy atom. The summed E-state index contributed by atoms with van der Waals surface area (Å²) in [5, 5.41) is 6.88. The van der Waals surface area contributed by atoms with Gasteiger partial charge in [0.15, 0.2) is 5.69 Å². The van der Waals surface area contributed by atoms with Gasteiger partial charge in [0.1, 0.15) is 29.5 Å². The molecule has 0 aliphatic carbocycles. The van der Waals surface area contributed by atoms with Gasteiger partial charge < -0.3 is 24.4 Å². The van der Waals surface area contributed by atoms with Crippen molar-refractivity contribution in [2.24, 2.45) is 0 Å². The van der Waals surface area contributed by atoms with Gasteiger partial charge in [-0.2, -0.15) is 9.61 Å². The zero-order valence-electron chi connectivity index (χ0n) is 21.1. The van der Waals surface area contributed by atoms with Crippen molar-refractivity contribution >= 4 is 29.2 Å². The highest BCUT2D eigenvalue weighted by molar-refractivity contribution is 5.99. The molecular weight excluding hydrogens is 497 g/mol. The van der Waals surface area contributed by atoms with Crippen LogP contribution in [0.3, 0.4) is 0 Å². The highest BCUT2D eigenvalue weighted by atomic mass is 19.1. The van der Waals surface area contributed by atoms with Crippen LogP contribution in [-0.2, 0) is 22.6 Å². The summed E-state index contributed by atoms with van der Waals surface area (Å²) in [5.41, 5.74) is -0.0715. The molecule has 0 radical (unpaired) electrons. The minimum absolute atomic E-state index is 0.0177. The van der Waals surface area contributed by atoms with Gasteiger partial charge in [-0.25, -0.2) is 9.37 Å². The fourth-order valence-electron chi connectivity index (χ4n) is 4.97. The largest absolute Gasteiger partial charge is 0.383 e. The second-order valence-electron chi connectivity index (χ2n) is 9.52. The number of pyridine rings is 1. The number of methoxy groups -OCH3 is 1. The minimum Gasteiger partial charge on any atom is -0.383 e. The predicted octanol–water partition coefficient (Wildman–Crippen LogP) is 1.29. The predicted molar refractivity (Wildman–Crippen MR) is 133 cm³/mol. The molecule has 0 spiro atoms. The number of hydrogen-bond donors (Lipinski definition) is 1. The summed E-state index contributed by atoms with van der Waals surface area (Å²) >= 11 is 0. The summed E-state index contributed by atoms with van der Waals surface area (Å²) in [6, 6.07) is 3.59. The van der Waals surface area contributed by atoms with Crippen molar-refractivity contribution in [3.8, 4) is 0 Å². The zero-order chi connectivity index (χ0) is 27.0. The van der Waals surface area contributed by atoms with E-state index in [2.05, 4.69) is 15.4 Å². The van der Waals surface area contributed by atoms with E-state index < -0.39 is 23.2 Å². The number of nitrogens with zero attached hydrogens (tertiary/aromatic N) is 6. The van der Waals surface area contributed by atoms with Gasteiger partial charge in [-0.05, 0) is 38.3 Å². The standard InChI is InChI=1S/C25H28FN7O5/c1-15(14-38-2)31-12-17-22(25(31)37)32(13-20(34)28-19-7-6-16(26)11-27-19)21-10-18(29-33(21)23(17)35)24(36)30-8-4-3-5-9-30/h6-7,10-11,15H,3-5,8-9,12-14H2,1-2H3,(H,27,28,34). The number of piperidine rings is 1. The van der Waals surface area contributed by atoms with Crippen LogP contribution >= 0.6 is 0 Å². The Kier molecular flexibility index (Phi) is 6.93. The number of aromatic nitrogens is 4. The molecule has 1 atom stereocenters.